The molecule has 0 spiro atoms. The summed E-state index contributed by atoms with van der Waals surface area (Å²) in [5.74, 6) is -0.412. The monoisotopic (exact) mass is 447 g/mol. The molecular formula is C22H17ClF3N3O2. The molecule has 1 unspecified atom stereocenters. The molecule has 31 heavy (non-hydrogen) atoms. The Hall–Kier alpha value is -3.26. The maximum absolute atomic E-state index is 14.7. The third kappa shape index (κ3) is 4.03. The summed E-state index contributed by atoms with van der Waals surface area (Å²) >= 11 is 6.02. The average molecular weight is 448 g/mol. The number of alkyl halides is 2. The normalized spacial score (nSPS) is 18.1. The molecule has 0 aliphatic carbocycles. The fourth-order valence-corrected chi connectivity index (χ4v) is 3.77. The van der Waals surface area contributed by atoms with E-state index in [1.165, 1.54) is 24.5 Å². The Morgan fingerprint density at radius 3 is 2.52 bits per heavy atom. The predicted molar refractivity (Wildman–Crippen MR) is 111 cm³/mol. The molecule has 0 saturated carbocycles. The second kappa shape index (κ2) is 8.11. The summed E-state index contributed by atoms with van der Waals surface area (Å²) in [6.07, 6.45) is 2.96. The van der Waals surface area contributed by atoms with E-state index in [1.54, 1.807) is 37.3 Å². The van der Waals surface area contributed by atoms with E-state index >= 15 is 0 Å². The van der Waals surface area contributed by atoms with Crippen LogP contribution in [-0.2, 0) is 10.3 Å². The lowest BCUT2D eigenvalue weighted by atomic mass is 9.82. The molecule has 0 bridgehead atoms. The zero-order chi connectivity index (χ0) is 22.2. The number of nitrogens with two attached hydrogens (primary N) is 1. The first-order valence-corrected chi connectivity index (χ1v) is 9.61. The van der Waals surface area contributed by atoms with Crippen molar-refractivity contribution >= 4 is 17.6 Å². The minimum Gasteiger partial charge on any atom is -0.462 e. The molecule has 9 heteroatoms. The minimum absolute atomic E-state index is 0.0270. The van der Waals surface area contributed by atoms with Crippen molar-refractivity contribution in [2.24, 2.45) is 10.7 Å². The molecule has 1 aliphatic rings. The van der Waals surface area contributed by atoms with Crippen molar-refractivity contribution < 1.29 is 22.6 Å². The quantitative estimate of drug-likeness (QED) is 0.595. The van der Waals surface area contributed by atoms with E-state index in [9.17, 15) is 13.2 Å². The highest BCUT2D eigenvalue weighted by atomic mass is 35.5. The van der Waals surface area contributed by atoms with Gasteiger partial charge in [-0.3, -0.25) is 4.98 Å². The molecule has 1 aliphatic heterocycles. The summed E-state index contributed by atoms with van der Waals surface area (Å²) in [4.78, 5) is 8.51. The van der Waals surface area contributed by atoms with Gasteiger partial charge in [-0.05, 0) is 53.9 Å². The fourth-order valence-electron chi connectivity index (χ4n) is 3.59. The molecule has 1 aromatic heterocycles. The van der Waals surface area contributed by atoms with Crippen molar-refractivity contribution in [1.29, 1.82) is 0 Å². The van der Waals surface area contributed by atoms with Crippen LogP contribution in [0.4, 0.5) is 13.2 Å². The molecule has 4 rings (SSSR count). The van der Waals surface area contributed by atoms with E-state index in [0.29, 0.717) is 27.3 Å². The fraction of sp³-hybridized carbons (Fsp3) is 0.182. The van der Waals surface area contributed by atoms with Gasteiger partial charge in [0.1, 0.15) is 18.2 Å². The molecule has 3 aromatic rings. The van der Waals surface area contributed by atoms with Gasteiger partial charge in [-0.1, -0.05) is 23.7 Å². The van der Waals surface area contributed by atoms with Crippen molar-refractivity contribution in [3.63, 3.8) is 0 Å². The van der Waals surface area contributed by atoms with E-state index in [2.05, 4.69) is 14.7 Å². The number of aliphatic imine (C=N–C) groups is 1. The van der Waals surface area contributed by atoms with Gasteiger partial charge in [0.15, 0.2) is 5.54 Å². The summed E-state index contributed by atoms with van der Waals surface area (Å²) in [6.45, 7) is -1.23. The Morgan fingerprint density at radius 1 is 1.13 bits per heavy atom. The molecule has 0 saturated heterocycles. The number of aromatic nitrogens is 1. The van der Waals surface area contributed by atoms with Crippen LogP contribution in [0.1, 0.15) is 16.7 Å². The van der Waals surface area contributed by atoms with Gasteiger partial charge >= 0.3 is 6.61 Å². The van der Waals surface area contributed by atoms with Crippen LogP contribution in [0.5, 0.6) is 5.75 Å². The highest BCUT2D eigenvalue weighted by molar-refractivity contribution is 6.30. The van der Waals surface area contributed by atoms with Gasteiger partial charge in [0.05, 0.1) is 5.02 Å². The van der Waals surface area contributed by atoms with Crippen LogP contribution in [0, 0.1) is 12.7 Å². The molecule has 2 heterocycles. The highest BCUT2D eigenvalue weighted by Crippen LogP contribution is 2.41. The number of amidine groups is 1. The Morgan fingerprint density at radius 2 is 1.87 bits per heavy atom. The van der Waals surface area contributed by atoms with Gasteiger partial charge < -0.3 is 15.2 Å². The average Bonchev–Trinajstić information content (AvgIpc) is 3.12. The van der Waals surface area contributed by atoms with E-state index in [-0.39, 0.29) is 23.9 Å². The zero-order valence-corrected chi connectivity index (χ0v) is 17.0. The standard InChI is InChI=1S/C22H17ClF3N3O2/c1-12-6-14(3-5-19(12)31-20(25)26)22(11-30-21(27)29-22)15-2-4-18(24)17(8-15)13-7-16(23)10-28-9-13/h2-10,20H,11H2,1H3,(H2,27,29). The smallest absolute Gasteiger partial charge is 0.387 e. The van der Waals surface area contributed by atoms with Crippen molar-refractivity contribution in [3.05, 3.63) is 82.4 Å². The maximum Gasteiger partial charge on any atom is 0.387 e. The Balaban J connectivity index is 1.85. The first-order valence-electron chi connectivity index (χ1n) is 9.23. The lowest BCUT2D eigenvalue weighted by Gasteiger charge is -2.27. The van der Waals surface area contributed by atoms with E-state index < -0.39 is 18.0 Å². The molecule has 2 N–H and O–H groups in total. The molecule has 0 amide bonds. The molecule has 1 atom stereocenters. The number of hydrogen-bond acceptors (Lipinski definition) is 5. The second-order valence-corrected chi connectivity index (χ2v) is 7.48. The SMILES string of the molecule is Cc1cc(C2(c3ccc(F)c(-c4cncc(Cl)c4)c3)COC(N)=N2)ccc1OC(F)F. The maximum atomic E-state index is 14.7. The molecule has 0 radical (unpaired) electrons. The van der Waals surface area contributed by atoms with Crippen molar-refractivity contribution in [1.82, 2.24) is 4.98 Å². The van der Waals surface area contributed by atoms with Gasteiger partial charge in [0, 0.05) is 23.5 Å². The molecule has 0 fully saturated rings. The van der Waals surface area contributed by atoms with Crippen LogP contribution < -0.4 is 10.5 Å². The molecule has 5 nitrogen and oxygen atoms in total. The first-order chi connectivity index (χ1) is 14.8. The number of aryl methyl sites for hydroxylation is 1. The number of pyridine rings is 1. The van der Waals surface area contributed by atoms with E-state index in [4.69, 9.17) is 22.1 Å². The van der Waals surface area contributed by atoms with Crippen LogP contribution in [0.3, 0.4) is 0 Å². The van der Waals surface area contributed by atoms with Crippen molar-refractivity contribution in [3.8, 4) is 16.9 Å². The van der Waals surface area contributed by atoms with Crippen LogP contribution in [0.2, 0.25) is 5.02 Å². The predicted octanol–water partition coefficient (Wildman–Crippen LogP) is 5.04. The summed E-state index contributed by atoms with van der Waals surface area (Å²) in [5.41, 5.74) is 7.23. The Kier molecular flexibility index (Phi) is 5.49. The van der Waals surface area contributed by atoms with Gasteiger partial charge in [-0.15, -0.1) is 0 Å². The number of halogens is 4. The van der Waals surface area contributed by atoms with Crippen LogP contribution in [0.25, 0.3) is 11.1 Å². The van der Waals surface area contributed by atoms with E-state index in [1.807, 2.05) is 0 Å². The van der Waals surface area contributed by atoms with E-state index in [0.717, 1.165) is 0 Å². The summed E-state index contributed by atoms with van der Waals surface area (Å²) in [6, 6.07) is 10.8. The number of benzene rings is 2. The van der Waals surface area contributed by atoms with Gasteiger partial charge in [-0.2, -0.15) is 8.78 Å². The van der Waals surface area contributed by atoms with Crippen molar-refractivity contribution in [2.75, 3.05) is 6.61 Å². The highest BCUT2D eigenvalue weighted by Gasteiger charge is 2.40. The largest absolute Gasteiger partial charge is 0.462 e. The third-order valence-corrected chi connectivity index (χ3v) is 5.27. The van der Waals surface area contributed by atoms with Gasteiger partial charge in [0.25, 0.3) is 6.02 Å². The summed E-state index contributed by atoms with van der Waals surface area (Å²) in [5, 5.41) is 0.369. The Labute approximate surface area is 181 Å². The minimum atomic E-state index is -2.94. The summed E-state index contributed by atoms with van der Waals surface area (Å²) in [7, 11) is 0. The third-order valence-electron chi connectivity index (χ3n) is 5.06. The van der Waals surface area contributed by atoms with Crippen LogP contribution in [-0.4, -0.2) is 24.2 Å². The van der Waals surface area contributed by atoms with Gasteiger partial charge in [0.2, 0.25) is 0 Å². The number of nitrogens with zero attached hydrogens (tertiary/aromatic N) is 2. The molecule has 2 aromatic carbocycles. The van der Waals surface area contributed by atoms with Crippen LogP contribution >= 0.6 is 11.6 Å². The zero-order valence-electron chi connectivity index (χ0n) is 16.3. The van der Waals surface area contributed by atoms with Crippen molar-refractivity contribution in [2.45, 2.75) is 19.1 Å². The molecular weight excluding hydrogens is 431 g/mol. The topological polar surface area (TPSA) is 69.7 Å². The number of ether oxygens (including phenoxy) is 2. The lowest BCUT2D eigenvalue weighted by Crippen LogP contribution is -2.27. The lowest BCUT2D eigenvalue weighted by molar-refractivity contribution is -0.0503. The number of hydrogen-bond donors (Lipinski definition) is 1. The number of rotatable bonds is 5. The first kappa shape index (κ1) is 21.0. The second-order valence-electron chi connectivity index (χ2n) is 7.04. The summed E-state index contributed by atoms with van der Waals surface area (Å²) < 4.78 is 49.9. The van der Waals surface area contributed by atoms with Crippen LogP contribution in [0.15, 0.2) is 59.9 Å². The van der Waals surface area contributed by atoms with Gasteiger partial charge in [-0.25, -0.2) is 9.38 Å². The molecule has 160 valence electrons. The Bertz CT molecular complexity index is 1170.